The van der Waals surface area contributed by atoms with Crippen molar-refractivity contribution in [1.29, 1.82) is 0 Å². The standard InChI is InChI=1S/C25H23ClN4O2/c1-15-4-8-19(23-27-10-3-11-28-23)20(12-15)25(31)30-14-17(6-5-16(30)2)24-29-21-9-7-18(26)13-22(21)32-24/h3-4,7-13,16-17H,5-6,14H2,1-2H3/t16-,17-/m1/s1. The fourth-order valence-electron chi connectivity index (χ4n) is 4.31. The van der Waals surface area contributed by atoms with Crippen LogP contribution in [0.4, 0.5) is 0 Å². The molecule has 2 atom stereocenters. The average Bonchev–Trinajstić information content (AvgIpc) is 3.22. The molecule has 6 nitrogen and oxygen atoms in total. The first-order valence-corrected chi connectivity index (χ1v) is 11.1. The van der Waals surface area contributed by atoms with E-state index in [0.29, 0.717) is 34.4 Å². The highest BCUT2D eigenvalue weighted by molar-refractivity contribution is 6.31. The number of rotatable bonds is 3. The Balaban J connectivity index is 1.47. The van der Waals surface area contributed by atoms with Gasteiger partial charge in [0.25, 0.3) is 5.91 Å². The Labute approximate surface area is 191 Å². The number of aromatic nitrogens is 3. The fraction of sp³-hybridized carbons (Fsp3) is 0.280. The van der Waals surface area contributed by atoms with Crippen molar-refractivity contribution in [1.82, 2.24) is 19.9 Å². The van der Waals surface area contributed by atoms with Crippen LogP contribution in [0.2, 0.25) is 5.02 Å². The monoisotopic (exact) mass is 446 g/mol. The van der Waals surface area contributed by atoms with Crippen molar-refractivity contribution in [2.24, 2.45) is 0 Å². The Bertz CT molecular complexity index is 1290. The minimum absolute atomic E-state index is 0.0208. The summed E-state index contributed by atoms with van der Waals surface area (Å²) in [5, 5.41) is 0.615. The summed E-state index contributed by atoms with van der Waals surface area (Å²) in [7, 11) is 0. The number of likely N-dealkylation sites (tertiary alicyclic amines) is 1. The first-order valence-electron chi connectivity index (χ1n) is 10.7. The molecule has 32 heavy (non-hydrogen) atoms. The second kappa shape index (κ2) is 8.36. The number of hydrogen-bond acceptors (Lipinski definition) is 5. The SMILES string of the molecule is Cc1ccc(-c2ncccn2)c(C(=O)N2C[C@H](c3nc4ccc(Cl)cc4o3)CC[C@H]2C)c1. The first-order chi connectivity index (χ1) is 15.5. The van der Waals surface area contributed by atoms with E-state index in [9.17, 15) is 4.79 Å². The molecule has 1 aliphatic rings. The van der Waals surface area contributed by atoms with Gasteiger partial charge in [0.05, 0.1) is 11.5 Å². The summed E-state index contributed by atoms with van der Waals surface area (Å²) in [4.78, 5) is 29.1. The Morgan fingerprint density at radius 2 is 1.94 bits per heavy atom. The molecule has 0 N–H and O–H groups in total. The normalized spacial score (nSPS) is 18.8. The molecule has 3 heterocycles. The quantitative estimate of drug-likeness (QED) is 0.406. The van der Waals surface area contributed by atoms with Crippen molar-refractivity contribution in [2.45, 2.75) is 38.6 Å². The minimum Gasteiger partial charge on any atom is -0.440 e. The Morgan fingerprint density at radius 3 is 2.75 bits per heavy atom. The summed E-state index contributed by atoms with van der Waals surface area (Å²) >= 11 is 6.09. The van der Waals surface area contributed by atoms with Crippen molar-refractivity contribution in [3.63, 3.8) is 0 Å². The lowest BCUT2D eigenvalue weighted by atomic mass is 9.92. The van der Waals surface area contributed by atoms with Crippen molar-refractivity contribution in [3.8, 4) is 11.4 Å². The van der Waals surface area contributed by atoms with Gasteiger partial charge in [-0.1, -0.05) is 29.3 Å². The van der Waals surface area contributed by atoms with E-state index in [1.54, 1.807) is 30.6 Å². The first kappa shape index (κ1) is 20.6. The van der Waals surface area contributed by atoms with Crippen LogP contribution in [-0.2, 0) is 0 Å². The summed E-state index contributed by atoms with van der Waals surface area (Å²) in [5.74, 6) is 1.21. The van der Waals surface area contributed by atoms with Gasteiger partial charge in [0.15, 0.2) is 17.3 Å². The second-order valence-electron chi connectivity index (χ2n) is 8.37. The second-order valence-corrected chi connectivity index (χ2v) is 8.80. The van der Waals surface area contributed by atoms with Crippen LogP contribution in [0.15, 0.2) is 59.3 Å². The Morgan fingerprint density at radius 1 is 1.12 bits per heavy atom. The number of nitrogens with zero attached hydrogens (tertiary/aromatic N) is 4. The van der Waals surface area contributed by atoms with E-state index >= 15 is 0 Å². The average molecular weight is 447 g/mol. The maximum Gasteiger partial charge on any atom is 0.254 e. The number of carbonyl (C=O) groups excluding carboxylic acids is 1. The molecule has 0 spiro atoms. The van der Waals surface area contributed by atoms with Gasteiger partial charge in [-0.25, -0.2) is 15.0 Å². The number of hydrogen-bond donors (Lipinski definition) is 0. The topological polar surface area (TPSA) is 72.1 Å². The third-order valence-corrected chi connectivity index (χ3v) is 6.31. The number of amides is 1. The predicted molar refractivity (Wildman–Crippen MR) is 124 cm³/mol. The lowest BCUT2D eigenvalue weighted by Crippen LogP contribution is -2.45. The zero-order valence-electron chi connectivity index (χ0n) is 18.0. The Kier molecular flexibility index (Phi) is 5.39. The molecule has 5 rings (SSSR count). The molecule has 0 aliphatic carbocycles. The van der Waals surface area contributed by atoms with Gasteiger partial charge in [-0.15, -0.1) is 0 Å². The smallest absolute Gasteiger partial charge is 0.254 e. The number of piperidine rings is 1. The molecule has 1 amide bonds. The van der Waals surface area contributed by atoms with Gasteiger partial charge in [-0.2, -0.15) is 0 Å². The minimum atomic E-state index is -0.0208. The molecular formula is C25H23ClN4O2. The third-order valence-electron chi connectivity index (χ3n) is 6.07. The van der Waals surface area contributed by atoms with Gasteiger partial charge in [-0.05, 0) is 51.0 Å². The van der Waals surface area contributed by atoms with Gasteiger partial charge in [0.1, 0.15) is 5.52 Å². The molecule has 0 radical (unpaired) electrons. The van der Waals surface area contributed by atoms with E-state index in [0.717, 1.165) is 29.5 Å². The summed E-state index contributed by atoms with van der Waals surface area (Å²) in [6.45, 7) is 4.62. The lowest BCUT2D eigenvalue weighted by Gasteiger charge is -2.37. The molecular weight excluding hydrogens is 424 g/mol. The van der Waals surface area contributed by atoms with Crippen LogP contribution in [0.5, 0.6) is 0 Å². The third kappa shape index (κ3) is 3.86. The van der Waals surface area contributed by atoms with Crippen LogP contribution >= 0.6 is 11.6 Å². The molecule has 2 aromatic heterocycles. The molecule has 0 saturated carbocycles. The highest BCUT2D eigenvalue weighted by Crippen LogP contribution is 2.34. The van der Waals surface area contributed by atoms with E-state index in [4.69, 9.17) is 16.0 Å². The van der Waals surface area contributed by atoms with Crippen LogP contribution in [0.3, 0.4) is 0 Å². The number of benzene rings is 2. The Hall–Kier alpha value is -3.25. The molecule has 0 unspecified atom stereocenters. The number of halogens is 1. The number of oxazole rings is 1. The summed E-state index contributed by atoms with van der Waals surface area (Å²) < 4.78 is 6.02. The molecule has 1 saturated heterocycles. The van der Waals surface area contributed by atoms with Crippen molar-refractivity contribution in [3.05, 3.63) is 76.9 Å². The molecule has 4 aromatic rings. The van der Waals surface area contributed by atoms with Crippen LogP contribution in [0, 0.1) is 6.92 Å². The summed E-state index contributed by atoms with van der Waals surface area (Å²) in [6.07, 6.45) is 5.16. The van der Waals surface area contributed by atoms with Crippen LogP contribution in [0.25, 0.3) is 22.5 Å². The van der Waals surface area contributed by atoms with E-state index in [1.807, 2.05) is 36.1 Å². The molecule has 7 heteroatoms. The van der Waals surface area contributed by atoms with Gasteiger partial charge in [0.2, 0.25) is 0 Å². The zero-order chi connectivity index (χ0) is 22.2. The molecule has 2 aromatic carbocycles. The van der Waals surface area contributed by atoms with E-state index < -0.39 is 0 Å². The van der Waals surface area contributed by atoms with Crippen molar-refractivity contribution >= 4 is 28.6 Å². The molecule has 0 bridgehead atoms. The number of aryl methyl sites for hydroxylation is 1. The van der Waals surface area contributed by atoms with Crippen molar-refractivity contribution < 1.29 is 9.21 Å². The van der Waals surface area contributed by atoms with Gasteiger partial charge in [0, 0.05) is 41.6 Å². The highest BCUT2D eigenvalue weighted by Gasteiger charge is 2.34. The van der Waals surface area contributed by atoms with Crippen LogP contribution in [0.1, 0.15) is 47.5 Å². The van der Waals surface area contributed by atoms with Crippen LogP contribution in [-0.4, -0.2) is 38.3 Å². The van der Waals surface area contributed by atoms with Crippen LogP contribution < -0.4 is 0 Å². The largest absolute Gasteiger partial charge is 0.440 e. The maximum absolute atomic E-state index is 13.8. The number of fused-ring (bicyclic) bond motifs is 1. The summed E-state index contributed by atoms with van der Waals surface area (Å²) in [6, 6.07) is 13.2. The zero-order valence-corrected chi connectivity index (χ0v) is 18.7. The molecule has 1 aliphatic heterocycles. The molecule has 1 fully saturated rings. The van der Waals surface area contributed by atoms with Gasteiger partial charge < -0.3 is 9.32 Å². The number of carbonyl (C=O) groups is 1. The predicted octanol–water partition coefficient (Wildman–Crippen LogP) is 5.65. The fourth-order valence-corrected chi connectivity index (χ4v) is 4.47. The van der Waals surface area contributed by atoms with E-state index in [1.165, 1.54) is 0 Å². The van der Waals surface area contributed by atoms with Gasteiger partial charge in [-0.3, -0.25) is 4.79 Å². The molecule has 162 valence electrons. The lowest BCUT2D eigenvalue weighted by molar-refractivity contribution is 0.0598. The van der Waals surface area contributed by atoms with E-state index in [-0.39, 0.29) is 17.9 Å². The van der Waals surface area contributed by atoms with E-state index in [2.05, 4.69) is 21.9 Å². The van der Waals surface area contributed by atoms with Gasteiger partial charge >= 0.3 is 0 Å². The summed E-state index contributed by atoms with van der Waals surface area (Å²) in [5.41, 5.74) is 3.83. The maximum atomic E-state index is 13.8. The van der Waals surface area contributed by atoms with Crippen molar-refractivity contribution in [2.75, 3.05) is 6.54 Å². The highest BCUT2D eigenvalue weighted by atomic mass is 35.5.